The van der Waals surface area contributed by atoms with E-state index in [4.69, 9.17) is 4.74 Å². The van der Waals surface area contributed by atoms with Crippen molar-refractivity contribution < 1.29 is 14.3 Å². The first-order valence-corrected chi connectivity index (χ1v) is 7.42. The fourth-order valence-electron chi connectivity index (χ4n) is 2.82. The molecule has 0 aromatic carbocycles. The highest BCUT2D eigenvalue weighted by Crippen LogP contribution is 2.18. The molecule has 2 fully saturated rings. The van der Waals surface area contributed by atoms with Gasteiger partial charge in [-0.3, -0.25) is 9.59 Å². The molecule has 0 aromatic rings. The summed E-state index contributed by atoms with van der Waals surface area (Å²) in [5.74, 6) is 0.0601. The molecule has 0 spiro atoms. The van der Waals surface area contributed by atoms with Gasteiger partial charge in [0.15, 0.2) is 0 Å². The van der Waals surface area contributed by atoms with Crippen LogP contribution in [0.25, 0.3) is 0 Å². The molecular weight excluding hydrogens is 258 g/mol. The van der Waals surface area contributed by atoms with E-state index >= 15 is 0 Å². The highest BCUT2D eigenvalue weighted by atomic mass is 16.5. The van der Waals surface area contributed by atoms with Crippen LogP contribution in [0.2, 0.25) is 0 Å². The lowest BCUT2D eigenvalue weighted by Gasteiger charge is -2.36. The third-order valence-electron chi connectivity index (χ3n) is 3.99. The minimum absolute atomic E-state index is 0.0114. The van der Waals surface area contributed by atoms with Crippen molar-refractivity contribution in [3.05, 3.63) is 0 Å². The van der Waals surface area contributed by atoms with Gasteiger partial charge in [0.1, 0.15) is 6.04 Å². The van der Waals surface area contributed by atoms with Crippen molar-refractivity contribution in [2.75, 3.05) is 40.3 Å². The van der Waals surface area contributed by atoms with Crippen LogP contribution in [0.3, 0.4) is 0 Å². The second-order valence-electron chi connectivity index (χ2n) is 5.71. The third-order valence-corrected chi connectivity index (χ3v) is 3.99. The van der Waals surface area contributed by atoms with Crippen molar-refractivity contribution in [3.8, 4) is 0 Å². The number of rotatable bonds is 4. The average molecular weight is 283 g/mol. The molecule has 2 heterocycles. The quantitative estimate of drug-likeness (QED) is 0.778. The first-order valence-electron chi connectivity index (χ1n) is 7.42. The maximum absolute atomic E-state index is 12.4. The molecule has 0 bridgehead atoms. The lowest BCUT2D eigenvalue weighted by molar-refractivity contribution is -0.145. The second-order valence-corrected chi connectivity index (χ2v) is 5.71. The number of nitrogens with zero attached hydrogens (tertiary/aromatic N) is 2. The van der Waals surface area contributed by atoms with E-state index in [1.165, 1.54) is 0 Å². The molecule has 1 N–H and O–H groups in total. The Morgan fingerprint density at radius 2 is 2.20 bits per heavy atom. The van der Waals surface area contributed by atoms with Crippen LogP contribution in [0, 0.1) is 0 Å². The summed E-state index contributed by atoms with van der Waals surface area (Å²) in [6.07, 6.45) is 3.61. The van der Waals surface area contributed by atoms with Gasteiger partial charge in [0.25, 0.3) is 0 Å². The van der Waals surface area contributed by atoms with Gasteiger partial charge in [-0.1, -0.05) is 0 Å². The Labute approximate surface area is 120 Å². The number of nitrogens with one attached hydrogen (secondary N) is 1. The maximum Gasteiger partial charge on any atom is 0.246 e. The zero-order valence-electron chi connectivity index (χ0n) is 12.4. The SMILES string of the molecule is CN(C)C(=O)C1CNCCN1C(=O)CCC1CCCO1. The highest BCUT2D eigenvalue weighted by Gasteiger charge is 2.33. The molecule has 0 aromatic heterocycles. The molecule has 6 heteroatoms. The van der Waals surface area contributed by atoms with Gasteiger partial charge < -0.3 is 19.9 Å². The molecule has 2 rings (SSSR count). The van der Waals surface area contributed by atoms with Gasteiger partial charge in [-0.05, 0) is 19.3 Å². The Bertz CT molecular complexity index is 354. The summed E-state index contributed by atoms with van der Waals surface area (Å²) in [6.45, 7) is 2.72. The third kappa shape index (κ3) is 3.70. The molecule has 2 amide bonds. The minimum Gasteiger partial charge on any atom is -0.378 e. The summed E-state index contributed by atoms with van der Waals surface area (Å²) >= 11 is 0. The molecule has 2 saturated heterocycles. The normalized spacial score (nSPS) is 26.6. The number of ether oxygens (including phenoxy) is 1. The van der Waals surface area contributed by atoms with Crippen LogP contribution in [0.4, 0.5) is 0 Å². The molecule has 2 aliphatic heterocycles. The van der Waals surface area contributed by atoms with E-state index in [0.717, 1.165) is 32.4 Å². The second kappa shape index (κ2) is 7.04. The zero-order chi connectivity index (χ0) is 14.5. The molecule has 2 atom stereocenters. The number of carbonyl (C=O) groups is 2. The highest BCUT2D eigenvalue weighted by molar-refractivity contribution is 5.88. The van der Waals surface area contributed by atoms with Gasteiger partial charge in [-0.15, -0.1) is 0 Å². The maximum atomic E-state index is 12.4. The number of hydrogen-bond donors (Lipinski definition) is 1. The number of amides is 2. The molecule has 2 unspecified atom stereocenters. The van der Waals surface area contributed by atoms with E-state index in [9.17, 15) is 9.59 Å². The first-order chi connectivity index (χ1) is 9.59. The Hall–Kier alpha value is -1.14. The lowest BCUT2D eigenvalue weighted by atomic mass is 10.1. The van der Waals surface area contributed by atoms with E-state index < -0.39 is 0 Å². The first kappa shape index (κ1) is 15.3. The molecule has 0 aliphatic carbocycles. The topological polar surface area (TPSA) is 61.9 Å². The molecule has 6 nitrogen and oxygen atoms in total. The zero-order valence-corrected chi connectivity index (χ0v) is 12.4. The Kier molecular flexibility index (Phi) is 5.37. The van der Waals surface area contributed by atoms with Gasteiger partial charge in [0.2, 0.25) is 11.8 Å². The largest absolute Gasteiger partial charge is 0.378 e. The fourth-order valence-corrected chi connectivity index (χ4v) is 2.82. The summed E-state index contributed by atoms with van der Waals surface area (Å²) in [5, 5.41) is 3.19. The average Bonchev–Trinajstić information content (AvgIpc) is 2.97. The van der Waals surface area contributed by atoms with E-state index in [2.05, 4.69) is 5.32 Å². The molecule has 0 radical (unpaired) electrons. The van der Waals surface area contributed by atoms with Crippen LogP contribution in [-0.2, 0) is 14.3 Å². The van der Waals surface area contributed by atoms with Crippen LogP contribution in [0.5, 0.6) is 0 Å². The summed E-state index contributed by atoms with van der Waals surface area (Å²) in [4.78, 5) is 27.8. The molecule has 114 valence electrons. The van der Waals surface area contributed by atoms with Gasteiger partial charge in [0.05, 0.1) is 6.10 Å². The van der Waals surface area contributed by atoms with Crippen molar-refractivity contribution in [1.82, 2.24) is 15.1 Å². The van der Waals surface area contributed by atoms with Gasteiger partial charge in [0, 0.05) is 46.8 Å². The fraction of sp³-hybridized carbons (Fsp3) is 0.857. The van der Waals surface area contributed by atoms with Crippen molar-refractivity contribution in [2.24, 2.45) is 0 Å². The van der Waals surface area contributed by atoms with Gasteiger partial charge in [-0.25, -0.2) is 0 Å². The Morgan fingerprint density at radius 3 is 2.85 bits per heavy atom. The summed E-state index contributed by atoms with van der Waals surface area (Å²) in [5.41, 5.74) is 0. The van der Waals surface area contributed by atoms with Crippen molar-refractivity contribution in [3.63, 3.8) is 0 Å². The Balaban J connectivity index is 1.89. The number of hydrogen-bond acceptors (Lipinski definition) is 4. The predicted octanol–water partition coefficient (Wildman–Crippen LogP) is -0.166. The van der Waals surface area contributed by atoms with Crippen molar-refractivity contribution >= 4 is 11.8 Å². The number of carbonyl (C=O) groups excluding carboxylic acids is 2. The lowest BCUT2D eigenvalue weighted by Crippen LogP contribution is -2.59. The van der Waals surface area contributed by atoms with Crippen LogP contribution in [0.15, 0.2) is 0 Å². The smallest absolute Gasteiger partial charge is 0.246 e. The molecule has 2 aliphatic rings. The van der Waals surface area contributed by atoms with Crippen molar-refractivity contribution in [1.29, 1.82) is 0 Å². The minimum atomic E-state index is -0.365. The van der Waals surface area contributed by atoms with E-state index in [0.29, 0.717) is 19.5 Å². The van der Waals surface area contributed by atoms with E-state index in [1.807, 2.05) is 0 Å². The summed E-state index contributed by atoms with van der Waals surface area (Å²) < 4.78 is 5.54. The van der Waals surface area contributed by atoms with E-state index in [1.54, 1.807) is 23.9 Å². The monoisotopic (exact) mass is 283 g/mol. The van der Waals surface area contributed by atoms with Gasteiger partial charge >= 0.3 is 0 Å². The number of likely N-dealkylation sites (N-methyl/N-ethyl adjacent to an activating group) is 1. The number of piperazine rings is 1. The standard InChI is InChI=1S/C14H25N3O3/c1-16(2)14(19)12-10-15-7-8-17(12)13(18)6-5-11-4-3-9-20-11/h11-12,15H,3-10H2,1-2H3. The van der Waals surface area contributed by atoms with E-state index in [-0.39, 0.29) is 24.0 Å². The van der Waals surface area contributed by atoms with Crippen LogP contribution in [-0.4, -0.2) is 74.1 Å². The molecule has 0 saturated carbocycles. The Morgan fingerprint density at radius 1 is 1.40 bits per heavy atom. The molecular formula is C14H25N3O3. The molecule has 20 heavy (non-hydrogen) atoms. The summed E-state index contributed by atoms with van der Waals surface area (Å²) in [6, 6.07) is -0.365. The van der Waals surface area contributed by atoms with Crippen LogP contribution >= 0.6 is 0 Å². The van der Waals surface area contributed by atoms with Crippen LogP contribution < -0.4 is 5.32 Å². The van der Waals surface area contributed by atoms with Gasteiger partial charge in [-0.2, -0.15) is 0 Å². The van der Waals surface area contributed by atoms with Crippen LogP contribution in [0.1, 0.15) is 25.7 Å². The summed E-state index contributed by atoms with van der Waals surface area (Å²) in [7, 11) is 3.46. The van der Waals surface area contributed by atoms with Crippen molar-refractivity contribution in [2.45, 2.75) is 37.8 Å². The predicted molar refractivity (Wildman–Crippen MR) is 75.3 cm³/mol.